The third-order valence-electron chi connectivity index (χ3n) is 6.36. The first-order chi connectivity index (χ1) is 17.4. The van der Waals surface area contributed by atoms with Crippen molar-refractivity contribution in [3.05, 3.63) is 76.3 Å². The molecule has 0 N–H and O–H groups in total. The number of amides is 3. The van der Waals surface area contributed by atoms with Crippen molar-refractivity contribution in [1.29, 1.82) is 0 Å². The van der Waals surface area contributed by atoms with Gasteiger partial charge in [-0.05, 0) is 48.4 Å². The Balaban J connectivity index is 1.34. The minimum absolute atomic E-state index is 0.0388. The molecule has 0 saturated carbocycles. The molecule has 2 aliphatic rings. The average molecular weight is 504 g/mol. The van der Waals surface area contributed by atoms with Crippen LogP contribution in [0.3, 0.4) is 0 Å². The Hall–Kier alpha value is -3.85. The molecule has 3 amide bonds. The van der Waals surface area contributed by atoms with Crippen molar-refractivity contribution in [3.63, 3.8) is 0 Å². The maximum Gasteiger partial charge on any atom is 0.325 e. The van der Waals surface area contributed by atoms with Gasteiger partial charge in [0.2, 0.25) is 5.91 Å². The molecule has 8 nitrogen and oxygen atoms in total. The molecule has 3 aromatic rings. The minimum Gasteiger partial charge on any atom is -0.465 e. The van der Waals surface area contributed by atoms with E-state index in [2.05, 4.69) is 6.07 Å². The highest BCUT2D eigenvalue weighted by molar-refractivity contribution is 8.18. The second-order valence-corrected chi connectivity index (χ2v) is 9.63. The average Bonchev–Trinajstić information content (AvgIpc) is 3.35. The first-order valence-corrected chi connectivity index (χ1v) is 12.6. The molecule has 0 atom stereocenters. The number of thioether (sulfide) groups is 1. The van der Waals surface area contributed by atoms with E-state index in [1.807, 2.05) is 42.5 Å². The van der Waals surface area contributed by atoms with Gasteiger partial charge in [-0.3, -0.25) is 24.1 Å². The summed E-state index contributed by atoms with van der Waals surface area (Å²) in [6, 6.07) is 15.5. The normalized spacial score (nSPS) is 16.6. The van der Waals surface area contributed by atoms with Crippen LogP contribution in [0.2, 0.25) is 0 Å². The summed E-state index contributed by atoms with van der Waals surface area (Å²) in [5.74, 6) is -1.10. The first-order valence-electron chi connectivity index (χ1n) is 11.8. The summed E-state index contributed by atoms with van der Waals surface area (Å²) in [5.41, 5.74) is 3.83. The number of nitrogens with zero attached hydrogens (tertiary/aromatic N) is 3. The van der Waals surface area contributed by atoms with Gasteiger partial charge >= 0.3 is 5.97 Å². The van der Waals surface area contributed by atoms with Gasteiger partial charge in [-0.25, -0.2) is 0 Å². The lowest BCUT2D eigenvalue weighted by atomic mass is 10.00. The fourth-order valence-corrected chi connectivity index (χ4v) is 5.42. The van der Waals surface area contributed by atoms with E-state index in [1.54, 1.807) is 28.7 Å². The van der Waals surface area contributed by atoms with Gasteiger partial charge in [0.1, 0.15) is 13.1 Å². The van der Waals surface area contributed by atoms with E-state index in [-0.39, 0.29) is 29.9 Å². The van der Waals surface area contributed by atoms with Crippen molar-refractivity contribution in [2.45, 2.75) is 26.4 Å². The number of ether oxygens (including phenoxy) is 1. The molecular formula is C27H25N3O5S. The van der Waals surface area contributed by atoms with E-state index in [9.17, 15) is 19.2 Å². The quantitative estimate of drug-likeness (QED) is 0.375. The summed E-state index contributed by atoms with van der Waals surface area (Å²) in [7, 11) is 0. The zero-order chi connectivity index (χ0) is 25.2. The van der Waals surface area contributed by atoms with E-state index in [0.29, 0.717) is 25.3 Å². The van der Waals surface area contributed by atoms with Crippen LogP contribution in [0.25, 0.3) is 17.0 Å². The topological polar surface area (TPSA) is 88.9 Å². The number of esters is 1. The number of rotatable bonds is 6. The molecule has 184 valence electrons. The predicted molar refractivity (Wildman–Crippen MR) is 137 cm³/mol. The molecule has 0 aliphatic carbocycles. The van der Waals surface area contributed by atoms with Crippen molar-refractivity contribution >= 4 is 51.8 Å². The van der Waals surface area contributed by atoms with E-state index in [4.69, 9.17) is 4.74 Å². The second-order valence-electron chi connectivity index (χ2n) is 8.64. The van der Waals surface area contributed by atoms with E-state index >= 15 is 0 Å². The molecular weight excluding hydrogens is 478 g/mol. The number of para-hydroxylation sites is 1. The van der Waals surface area contributed by atoms with Crippen molar-refractivity contribution in [3.8, 4) is 0 Å². The first kappa shape index (κ1) is 23.9. The van der Waals surface area contributed by atoms with E-state index in [1.165, 1.54) is 5.56 Å². The van der Waals surface area contributed by atoms with Gasteiger partial charge in [-0.1, -0.05) is 42.5 Å². The number of aromatic nitrogens is 1. The van der Waals surface area contributed by atoms with Gasteiger partial charge in [0.05, 0.1) is 11.5 Å². The predicted octanol–water partition coefficient (Wildman–Crippen LogP) is 3.83. The van der Waals surface area contributed by atoms with Crippen LogP contribution in [0, 0.1) is 0 Å². The highest BCUT2D eigenvalue weighted by Crippen LogP contribution is 2.34. The van der Waals surface area contributed by atoms with Crippen LogP contribution < -0.4 is 0 Å². The van der Waals surface area contributed by atoms with Crippen LogP contribution in [0.15, 0.2) is 59.6 Å². The van der Waals surface area contributed by atoms with Crippen molar-refractivity contribution < 1.29 is 23.9 Å². The van der Waals surface area contributed by atoms with Crippen LogP contribution in [-0.2, 0) is 38.6 Å². The summed E-state index contributed by atoms with van der Waals surface area (Å²) >= 11 is 0.821. The van der Waals surface area contributed by atoms with Crippen LogP contribution in [0.1, 0.15) is 23.6 Å². The fraction of sp³-hybridized carbons (Fsp3) is 0.259. The molecule has 0 unspecified atom stereocenters. The molecule has 1 aromatic heterocycles. The Morgan fingerprint density at radius 3 is 2.58 bits per heavy atom. The van der Waals surface area contributed by atoms with Gasteiger partial charge in [-0.2, -0.15) is 0 Å². The lowest BCUT2D eigenvalue weighted by Crippen LogP contribution is -2.44. The standard InChI is InChI=1S/C27H25N3O5S/c1-2-35-25(32)17-29-15-20(21-9-5-6-10-22(21)29)13-23-26(33)30(27(34)36-23)16-24(31)28-12-11-18-7-3-4-8-19(18)14-28/h3-10,13,15H,2,11-12,14,16-17H2,1H3/b23-13-. The van der Waals surface area contributed by atoms with Crippen LogP contribution in [0.4, 0.5) is 4.79 Å². The number of carbonyl (C=O) groups is 4. The molecule has 0 bridgehead atoms. The van der Waals surface area contributed by atoms with Gasteiger partial charge in [0, 0.05) is 35.8 Å². The molecule has 5 rings (SSSR count). The summed E-state index contributed by atoms with van der Waals surface area (Å²) in [5, 5.41) is 0.379. The lowest BCUT2D eigenvalue weighted by molar-refractivity contribution is -0.143. The zero-order valence-corrected chi connectivity index (χ0v) is 20.6. The third-order valence-corrected chi connectivity index (χ3v) is 7.27. The maximum absolute atomic E-state index is 13.1. The maximum atomic E-state index is 13.1. The number of carbonyl (C=O) groups excluding carboxylic acids is 4. The summed E-state index contributed by atoms with van der Waals surface area (Å²) in [6.07, 6.45) is 4.17. The SMILES string of the molecule is CCOC(=O)Cn1cc(/C=C2\SC(=O)N(CC(=O)N3CCc4ccccc4C3)C2=O)c2ccccc21. The largest absolute Gasteiger partial charge is 0.465 e. The van der Waals surface area contributed by atoms with Crippen molar-refractivity contribution in [2.75, 3.05) is 19.7 Å². The summed E-state index contributed by atoms with van der Waals surface area (Å²) in [6.45, 7) is 2.83. The molecule has 2 aliphatic heterocycles. The number of hydrogen-bond donors (Lipinski definition) is 0. The number of fused-ring (bicyclic) bond motifs is 2. The van der Waals surface area contributed by atoms with Crippen LogP contribution >= 0.6 is 11.8 Å². The number of hydrogen-bond acceptors (Lipinski definition) is 6. The molecule has 1 saturated heterocycles. The molecule has 0 radical (unpaired) electrons. The highest BCUT2D eigenvalue weighted by atomic mass is 32.2. The molecule has 9 heteroatoms. The Kier molecular flexibility index (Phi) is 6.65. The Morgan fingerprint density at radius 2 is 1.78 bits per heavy atom. The monoisotopic (exact) mass is 503 g/mol. The smallest absolute Gasteiger partial charge is 0.325 e. The highest BCUT2D eigenvalue weighted by Gasteiger charge is 2.37. The Morgan fingerprint density at radius 1 is 1.03 bits per heavy atom. The zero-order valence-electron chi connectivity index (χ0n) is 19.8. The van der Waals surface area contributed by atoms with Crippen LogP contribution in [-0.4, -0.2) is 57.1 Å². The van der Waals surface area contributed by atoms with E-state index < -0.39 is 11.1 Å². The molecule has 2 aromatic carbocycles. The minimum atomic E-state index is -0.488. The van der Waals surface area contributed by atoms with Crippen LogP contribution in [0.5, 0.6) is 0 Å². The molecule has 1 fully saturated rings. The lowest BCUT2D eigenvalue weighted by Gasteiger charge is -2.29. The van der Waals surface area contributed by atoms with Gasteiger partial charge in [0.15, 0.2) is 0 Å². The number of benzene rings is 2. The van der Waals surface area contributed by atoms with Crippen molar-refractivity contribution in [2.24, 2.45) is 0 Å². The molecule has 36 heavy (non-hydrogen) atoms. The summed E-state index contributed by atoms with van der Waals surface area (Å²) < 4.78 is 6.83. The van der Waals surface area contributed by atoms with E-state index in [0.717, 1.165) is 39.5 Å². The Bertz CT molecular complexity index is 1410. The van der Waals surface area contributed by atoms with Gasteiger partial charge in [-0.15, -0.1) is 0 Å². The molecule has 0 spiro atoms. The van der Waals surface area contributed by atoms with Crippen molar-refractivity contribution in [1.82, 2.24) is 14.4 Å². The third kappa shape index (κ3) is 4.66. The second kappa shape index (κ2) is 10.0. The Labute approximate surface area is 212 Å². The number of imide groups is 1. The fourth-order valence-electron chi connectivity index (χ4n) is 4.59. The molecule has 3 heterocycles. The van der Waals surface area contributed by atoms with Gasteiger partial charge in [0.25, 0.3) is 11.1 Å². The van der Waals surface area contributed by atoms with Gasteiger partial charge < -0.3 is 14.2 Å². The summed E-state index contributed by atoms with van der Waals surface area (Å²) in [4.78, 5) is 53.7.